The minimum Gasteiger partial charge on any atom is -0.466 e. The summed E-state index contributed by atoms with van der Waals surface area (Å²) in [4.78, 5) is 19.4. The number of ether oxygens (including phenoxy) is 1. The first kappa shape index (κ1) is 15.8. The molecule has 0 radical (unpaired) electrons. The topological polar surface area (TPSA) is 55.0 Å². The molecule has 0 saturated carbocycles. The van der Waals surface area contributed by atoms with Crippen LogP contribution in [0, 0.1) is 11.8 Å². The van der Waals surface area contributed by atoms with Crippen LogP contribution in [0.15, 0.2) is 24.0 Å². The molecule has 2 rings (SSSR count). The molecule has 0 aromatic carbocycles. The van der Waals surface area contributed by atoms with Crippen LogP contribution in [0.5, 0.6) is 0 Å². The van der Waals surface area contributed by atoms with Crippen molar-refractivity contribution in [3.8, 4) is 0 Å². The number of carbonyl (C=O) groups excluding carboxylic acids is 1. The van der Waals surface area contributed by atoms with Gasteiger partial charge in [-0.2, -0.15) is 0 Å². The molecule has 21 heavy (non-hydrogen) atoms. The van der Waals surface area contributed by atoms with Crippen LogP contribution < -0.4 is 0 Å². The van der Waals surface area contributed by atoms with Gasteiger partial charge in [-0.05, 0) is 31.1 Å². The number of esters is 1. The van der Waals surface area contributed by atoms with Gasteiger partial charge in [0, 0.05) is 23.9 Å². The maximum Gasteiger partial charge on any atom is 0.333 e. The Labute approximate surface area is 127 Å². The summed E-state index contributed by atoms with van der Waals surface area (Å²) < 4.78 is 4.88. The maximum atomic E-state index is 11.8. The normalized spacial score (nSPS) is 21.6. The van der Waals surface area contributed by atoms with E-state index in [9.17, 15) is 4.79 Å². The predicted octanol–water partition coefficient (Wildman–Crippen LogP) is 3.83. The van der Waals surface area contributed by atoms with Gasteiger partial charge in [-0.1, -0.05) is 32.8 Å². The smallest absolute Gasteiger partial charge is 0.333 e. The first-order valence-electron chi connectivity index (χ1n) is 7.97. The minimum atomic E-state index is -0.198. The van der Waals surface area contributed by atoms with E-state index in [0.29, 0.717) is 5.92 Å². The second-order valence-corrected chi connectivity index (χ2v) is 5.89. The van der Waals surface area contributed by atoms with Crippen molar-refractivity contribution in [2.75, 3.05) is 7.11 Å². The fraction of sp³-hybridized carbons (Fsp3) is 0.647. The highest BCUT2D eigenvalue weighted by atomic mass is 16.5. The molecule has 1 unspecified atom stereocenters. The molecule has 0 amide bonds. The van der Waals surface area contributed by atoms with E-state index >= 15 is 0 Å². The van der Waals surface area contributed by atoms with Gasteiger partial charge in [0.05, 0.1) is 7.11 Å². The van der Waals surface area contributed by atoms with Crippen molar-refractivity contribution in [1.29, 1.82) is 0 Å². The molecular formula is C17H26N2O2. The molecule has 1 heterocycles. The fourth-order valence-corrected chi connectivity index (χ4v) is 3.30. The molecule has 1 aromatic heterocycles. The van der Waals surface area contributed by atoms with E-state index in [1.165, 1.54) is 26.4 Å². The molecule has 4 heteroatoms. The van der Waals surface area contributed by atoms with E-state index in [2.05, 4.69) is 29.9 Å². The van der Waals surface area contributed by atoms with Crippen molar-refractivity contribution >= 4 is 5.97 Å². The molecule has 0 aliphatic heterocycles. The number of allylic oxidation sites excluding steroid dienone is 1. The van der Waals surface area contributed by atoms with E-state index in [1.807, 2.05) is 6.20 Å². The summed E-state index contributed by atoms with van der Waals surface area (Å²) in [7, 11) is 1.45. The van der Waals surface area contributed by atoms with Crippen molar-refractivity contribution in [2.24, 2.45) is 11.8 Å². The molecule has 4 nitrogen and oxygen atoms in total. The zero-order chi connectivity index (χ0) is 15.2. The molecule has 0 spiro atoms. The zero-order valence-electron chi connectivity index (χ0n) is 13.3. The molecule has 0 fully saturated rings. The van der Waals surface area contributed by atoms with Gasteiger partial charge < -0.3 is 9.72 Å². The number of hydrogen-bond acceptors (Lipinski definition) is 3. The summed E-state index contributed by atoms with van der Waals surface area (Å²) in [6.45, 7) is 4.51. The van der Waals surface area contributed by atoms with E-state index in [0.717, 1.165) is 30.2 Å². The standard InChI is InChI=1S/C17H26N2O2/c1-4-12(5-2)6-7-13-10-14(17(20)21-3)11-15(13)16-18-8-9-19-16/h8-10,12-13,15H,4-7,11H2,1-3H3,(H,18,19)/t13?,15-/m1/s1. The molecule has 2 atom stereocenters. The summed E-state index contributed by atoms with van der Waals surface area (Å²) in [5.41, 5.74) is 0.799. The lowest BCUT2D eigenvalue weighted by Crippen LogP contribution is -2.11. The zero-order valence-corrected chi connectivity index (χ0v) is 13.3. The Hall–Kier alpha value is -1.58. The SMILES string of the molecule is CCC(CC)CCC1C=C(C(=O)OC)C[C@H]1c1ncc[nH]1. The number of aromatic nitrogens is 2. The van der Waals surface area contributed by atoms with Crippen LogP contribution in [0.3, 0.4) is 0 Å². The third-order valence-electron chi connectivity index (χ3n) is 4.75. The monoisotopic (exact) mass is 290 g/mol. The number of rotatable bonds is 7. The van der Waals surface area contributed by atoms with Crippen LogP contribution in [0.2, 0.25) is 0 Å². The molecule has 1 N–H and O–H groups in total. The van der Waals surface area contributed by atoms with E-state index in [-0.39, 0.29) is 11.9 Å². The number of H-pyrrole nitrogens is 1. The van der Waals surface area contributed by atoms with Crippen LogP contribution in [-0.2, 0) is 9.53 Å². The van der Waals surface area contributed by atoms with Crippen LogP contribution in [-0.4, -0.2) is 23.0 Å². The minimum absolute atomic E-state index is 0.198. The Bertz CT molecular complexity index is 475. The van der Waals surface area contributed by atoms with Crippen LogP contribution in [0.4, 0.5) is 0 Å². The fourth-order valence-electron chi connectivity index (χ4n) is 3.30. The number of hydrogen-bond donors (Lipinski definition) is 1. The third-order valence-corrected chi connectivity index (χ3v) is 4.75. The van der Waals surface area contributed by atoms with Crippen molar-refractivity contribution in [3.63, 3.8) is 0 Å². The van der Waals surface area contributed by atoms with Crippen LogP contribution in [0.1, 0.15) is 57.7 Å². The Balaban J connectivity index is 2.08. The van der Waals surface area contributed by atoms with E-state index in [1.54, 1.807) is 6.20 Å². The number of imidazole rings is 1. The molecule has 1 aromatic rings. The summed E-state index contributed by atoms with van der Waals surface area (Å²) in [6.07, 6.45) is 11.2. The van der Waals surface area contributed by atoms with Gasteiger partial charge >= 0.3 is 5.97 Å². The number of methoxy groups -OCH3 is 1. The molecule has 0 saturated heterocycles. The average molecular weight is 290 g/mol. The van der Waals surface area contributed by atoms with Gasteiger partial charge in [0.2, 0.25) is 0 Å². The molecule has 0 bridgehead atoms. The van der Waals surface area contributed by atoms with Gasteiger partial charge in [0.25, 0.3) is 0 Å². The van der Waals surface area contributed by atoms with Crippen molar-refractivity contribution in [1.82, 2.24) is 9.97 Å². The number of nitrogens with one attached hydrogen (secondary N) is 1. The molecule has 1 aliphatic carbocycles. The maximum absolute atomic E-state index is 11.8. The first-order valence-corrected chi connectivity index (χ1v) is 7.97. The predicted molar refractivity (Wildman–Crippen MR) is 82.8 cm³/mol. The summed E-state index contributed by atoms with van der Waals surface area (Å²) in [5.74, 6) is 2.23. The number of nitrogens with zero attached hydrogens (tertiary/aromatic N) is 1. The Morgan fingerprint density at radius 1 is 1.48 bits per heavy atom. The average Bonchev–Trinajstić information content (AvgIpc) is 3.16. The summed E-state index contributed by atoms with van der Waals surface area (Å²) in [6, 6.07) is 0. The summed E-state index contributed by atoms with van der Waals surface area (Å²) >= 11 is 0. The lowest BCUT2D eigenvalue weighted by atomic mass is 9.86. The molecule has 116 valence electrons. The third kappa shape index (κ3) is 3.74. The molecular weight excluding hydrogens is 264 g/mol. The second kappa shape index (κ2) is 7.43. The lowest BCUT2D eigenvalue weighted by molar-refractivity contribution is -0.136. The van der Waals surface area contributed by atoms with Crippen LogP contribution >= 0.6 is 0 Å². The van der Waals surface area contributed by atoms with Crippen molar-refractivity contribution in [3.05, 3.63) is 29.9 Å². The highest BCUT2D eigenvalue weighted by molar-refractivity contribution is 5.89. The Morgan fingerprint density at radius 3 is 2.81 bits per heavy atom. The molecule has 1 aliphatic rings. The number of aromatic amines is 1. The Kier molecular flexibility index (Phi) is 5.59. The van der Waals surface area contributed by atoms with Gasteiger partial charge in [-0.15, -0.1) is 0 Å². The highest BCUT2D eigenvalue weighted by Crippen LogP contribution is 2.41. The second-order valence-electron chi connectivity index (χ2n) is 5.89. The van der Waals surface area contributed by atoms with E-state index < -0.39 is 0 Å². The van der Waals surface area contributed by atoms with Gasteiger partial charge in [-0.25, -0.2) is 9.78 Å². The van der Waals surface area contributed by atoms with Gasteiger partial charge in [0.1, 0.15) is 5.82 Å². The summed E-state index contributed by atoms with van der Waals surface area (Å²) in [5, 5.41) is 0. The van der Waals surface area contributed by atoms with Crippen LogP contribution in [0.25, 0.3) is 0 Å². The Morgan fingerprint density at radius 2 is 2.24 bits per heavy atom. The van der Waals surface area contributed by atoms with Gasteiger partial charge in [-0.3, -0.25) is 0 Å². The van der Waals surface area contributed by atoms with Crippen molar-refractivity contribution in [2.45, 2.75) is 51.9 Å². The van der Waals surface area contributed by atoms with Gasteiger partial charge in [0.15, 0.2) is 0 Å². The highest BCUT2D eigenvalue weighted by Gasteiger charge is 2.33. The quantitative estimate of drug-likeness (QED) is 0.776. The first-order chi connectivity index (χ1) is 10.2. The van der Waals surface area contributed by atoms with Crippen molar-refractivity contribution < 1.29 is 9.53 Å². The van der Waals surface area contributed by atoms with E-state index in [4.69, 9.17) is 4.74 Å². The largest absolute Gasteiger partial charge is 0.466 e. The number of carbonyl (C=O) groups is 1. The lowest BCUT2D eigenvalue weighted by Gasteiger charge is -2.20.